The summed E-state index contributed by atoms with van der Waals surface area (Å²) in [5, 5.41) is 12.1. The lowest BCUT2D eigenvalue weighted by Crippen LogP contribution is -2.52. The maximum absolute atomic E-state index is 14.4. The van der Waals surface area contributed by atoms with E-state index in [9.17, 15) is 14.0 Å². The van der Waals surface area contributed by atoms with E-state index in [1.54, 1.807) is 24.3 Å². The number of nitrogens with zero attached hydrogens (tertiary/aromatic N) is 1. The minimum Gasteiger partial charge on any atom is -0.477 e. The number of carboxylic acid groups (broad SMARTS) is 1. The van der Waals surface area contributed by atoms with Crippen LogP contribution in [0.1, 0.15) is 39.0 Å². The van der Waals surface area contributed by atoms with Gasteiger partial charge in [-0.1, -0.05) is 18.2 Å². The van der Waals surface area contributed by atoms with E-state index in [0.29, 0.717) is 5.92 Å². The van der Waals surface area contributed by atoms with Gasteiger partial charge >= 0.3 is 11.9 Å². The summed E-state index contributed by atoms with van der Waals surface area (Å²) in [5.41, 5.74) is 0.230. The first-order valence-corrected chi connectivity index (χ1v) is 10.6. The normalized spacial score (nSPS) is 24.2. The van der Waals surface area contributed by atoms with Crippen molar-refractivity contribution in [3.8, 4) is 0 Å². The van der Waals surface area contributed by atoms with Crippen molar-refractivity contribution >= 4 is 23.3 Å². The monoisotopic (exact) mass is 418 g/mol. The van der Waals surface area contributed by atoms with Crippen LogP contribution in [0.5, 0.6) is 0 Å². The molecule has 29 heavy (non-hydrogen) atoms. The SMILES string of the molecule is O=C(O)c1ccc(CNC(C(=O)O[C@H]2CN3CCC2CC3)c2ccccc2F)s1. The zero-order valence-corrected chi connectivity index (χ0v) is 16.7. The molecule has 6 nitrogen and oxygen atoms in total. The second-order valence-electron chi connectivity index (χ2n) is 7.52. The maximum Gasteiger partial charge on any atom is 0.345 e. The van der Waals surface area contributed by atoms with Gasteiger partial charge in [0.25, 0.3) is 0 Å². The van der Waals surface area contributed by atoms with Crippen molar-refractivity contribution < 1.29 is 23.8 Å². The molecule has 1 aromatic heterocycles. The summed E-state index contributed by atoms with van der Waals surface area (Å²) in [6.45, 7) is 3.05. The fourth-order valence-electron chi connectivity index (χ4n) is 4.08. The lowest BCUT2D eigenvalue weighted by Gasteiger charge is -2.44. The smallest absolute Gasteiger partial charge is 0.345 e. The molecule has 1 aromatic carbocycles. The Morgan fingerprint density at radius 3 is 2.62 bits per heavy atom. The zero-order chi connectivity index (χ0) is 20.4. The summed E-state index contributed by atoms with van der Waals surface area (Å²) in [5.74, 6) is -1.61. The largest absolute Gasteiger partial charge is 0.477 e. The Morgan fingerprint density at radius 2 is 2.00 bits per heavy atom. The summed E-state index contributed by atoms with van der Waals surface area (Å²) >= 11 is 1.12. The van der Waals surface area contributed by atoms with Crippen LogP contribution >= 0.6 is 11.3 Å². The van der Waals surface area contributed by atoms with Crippen molar-refractivity contribution in [2.75, 3.05) is 19.6 Å². The van der Waals surface area contributed by atoms with Crippen molar-refractivity contribution in [1.82, 2.24) is 10.2 Å². The Morgan fingerprint density at radius 1 is 1.24 bits per heavy atom. The van der Waals surface area contributed by atoms with Crippen LogP contribution in [0.25, 0.3) is 0 Å². The number of hydrogen-bond donors (Lipinski definition) is 2. The van der Waals surface area contributed by atoms with E-state index in [2.05, 4.69) is 10.2 Å². The van der Waals surface area contributed by atoms with Crippen molar-refractivity contribution in [1.29, 1.82) is 0 Å². The van der Waals surface area contributed by atoms with E-state index in [1.807, 2.05) is 0 Å². The summed E-state index contributed by atoms with van der Waals surface area (Å²) in [7, 11) is 0. The molecule has 0 amide bonds. The standard InChI is InChI=1S/C21H23FN2O4S/c22-16-4-2-1-3-15(16)19(23-11-14-5-6-18(29-14)20(25)26)21(27)28-17-12-24-9-7-13(17)8-10-24/h1-6,13,17,19,23H,7-12H2,(H,25,26)/t17-,19?/m0/s1. The highest BCUT2D eigenvalue weighted by molar-refractivity contribution is 7.13. The van der Waals surface area contributed by atoms with Gasteiger partial charge in [0.1, 0.15) is 22.8 Å². The van der Waals surface area contributed by atoms with Gasteiger partial charge in [-0.15, -0.1) is 11.3 Å². The fourth-order valence-corrected chi connectivity index (χ4v) is 4.88. The molecule has 0 radical (unpaired) electrons. The number of rotatable bonds is 7. The first-order chi connectivity index (χ1) is 14.0. The zero-order valence-electron chi connectivity index (χ0n) is 15.8. The number of halogens is 1. The number of thiophene rings is 1. The van der Waals surface area contributed by atoms with E-state index in [1.165, 1.54) is 12.1 Å². The molecule has 4 heterocycles. The van der Waals surface area contributed by atoms with E-state index in [4.69, 9.17) is 9.84 Å². The van der Waals surface area contributed by atoms with Gasteiger partial charge in [0.05, 0.1) is 0 Å². The molecule has 3 saturated heterocycles. The molecule has 2 aromatic rings. The lowest BCUT2D eigenvalue weighted by atomic mass is 9.86. The van der Waals surface area contributed by atoms with Gasteiger partial charge in [-0.3, -0.25) is 10.2 Å². The van der Waals surface area contributed by atoms with E-state index in [-0.39, 0.29) is 23.1 Å². The highest BCUT2D eigenvalue weighted by atomic mass is 32.1. The van der Waals surface area contributed by atoms with Crippen molar-refractivity contribution in [2.24, 2.45) is 5.92 Å². The average molecular weight is 418 g/mol. The fraction of sp³-hybridized carbons (Fsp3) is 0.429. The molecule has 2 atom stereocenters. The first-order valence-electron chi connectivity index (χ1n) is 9.74. The maximum atomic E-state index is 14.4. The van der Waals surface area contributed by atoms with E-state index in [0.717, 1.165) is 48.7 Å². The van der Waals surface area contributed by atoms with Gasteiger partial charge < -0.3 is 9.84 Å². The molecule has 8 heteroatoms. The number of carboxylic acids is 1. The number of carbonyl (C=O) groups is 2. The molecule has 3 aliphatic rings. The van der Waals surface area contributed by atoms with Gasteiger partial charge in [-0.2, -0.15) is 0 Å². The lowest BCUT2D eigenvalue weighted by molar-refractivity contribution is -0.161. The van der Waals surface area contributed by atoms with Gasteiger partial charge in [0.2, 0.25) is 0 Å². The molecule has 1 unspecified atom stereocenters. The van der Waals surface area contributed by atoms with E-state index < -0.39 is 23.8 Å². The van der Waals surface area contributed by atoms with Crippen LogP contribution in [0.3, 0.4) is 0 Å². The molecular weight excluding hydrogens is 395 g/mol. The Hall–Kier alpha value is -2.29. The first kappa shape index (κ1) is 20.0. The van der Waals surface area contributed by atoms with Crippen LogP contribution in [0, 0.1) is 11.7 Å². The predicted octanol–water partition coefficient (Wildman–Crippen LogP) is 3.05. The minimum absolute atomic E-state index is 0.165. The highest BCUT2D eigenvalue weighted by Crippen LogP contribution is 2.31. The number of ether oxygens (including phenoxy) is 1. The second-order valence-corrected chi connectivity index (χ2v) is 8.69. The molecule has 0 spiro atoms. The molecule has 2 bridgehead atoms. The number of nitrogens with one attached hydrogen (secondary N) is 1. The number of benzene rings is 1. The van der Waals surface area contributed by atoms with Gasteiger partial charge in [0, 0.05) is 23.5 Å². The Kier molecular flexibility index (Phi) is 5.94. The number of piperidine rings is 3. The third kappa shape index (κ3) is 4.49. The Bertz CT molecular complexity index is 894. The van der Waals surface area contributed by atoms with Crippen LogP contribution in [-0.4, -0.2) is 47.7 Å². The molecule has 3 aliphatic heterocycles. The molecule has 2 N–H and O–H groups in total. The Labute approximate surface area is 172 Å². The molecule has 0 saturated carbocycles. The van der Waals surface area contributed by atoms with Crippen LogP contribution in [0.2, 0.25) is 0 Å². The van der Waals surface area contributed by atoms with Crippen LogP contribution in [0.4, 0.5) is 4.39 Å². The summed E-state index contributed by atoms with van der Waals surface area (Å²) < 4.78 is 20.3. The topological polar surface area (TPSA) is 78.9 Å². The predicted molar refractivity (Wildman–Crippen MR) is 106 cm³/mol. The minimum atomic E-state index is -0.992. The van der Waals surface area contributed by atoms with Crippen LogP contribution < -0.4 is 5.32 Å². The van der Waals surface area contributed by atoms with Gasteiger partial charge in [-0.05, 0) is 50.0 Å². The molecule has 5 rings (SSSR count). The molecule has 0 aliphatic carbocycles. The quantitative estimate of drug-likeness (QED) is 0.673. The number of hydrogen-bond acceptors (Lipinski definition) is 6. The number of fused-ring (bicyclic) bond motifs is 3. The molecular formula is C21H23FN2O4S. The second kappa shape index (κ2) is 8.61. The summed E-state index contributed by atoms with van der Waals surface area (Å²) in [4.78, 5) is 27.4. The van der Waals surface area contributed by atoms with Crippen LogP contribution in [0.15, 0.2) is 36.4 Å². The number of esters is 1. The third-order valence-electron chi connectivity index (χ3n) is 5.67. The van der Waals surface area contributed by atoms with Gasteiger partial charge in [0.15, 0.2) is 0 Å². The highest BCUT2D eigenvalue weighted by Gasteiger charge is 2.38. The summed E-state index contributed by atoms with van der Waals surface area (Å²) in [6, 6.07) is 8.41. The third-order valence-corrected chi connectivity index (χ3v) is 6.74. The summed E-state index contributed by atoms with van der Waals surface area (Å²) in [6.07, 6.45) is 1.87. The number of aromatic carboxylic acids is 1. The van der Waals surface area contributed by atoms with Gasteiger partial charge in [-0.25, -0.2) is 14.0 Å². The molecule has 154 valence electrons. The average Bonchev–Trinajstić information content (AvgIpc) is 3.20. The van der Waals surface area contributed by atoms with Crippen LogP contribution in [-0.2, 0) is 16.1 Å². The van der Waals surface area contributed by atoms with E-state index >= 15 is 0 Å². The van der Waals surface area contributed by atoms with Crippen molar-refractivity contribution in [3.63, 3.8) is 0 Å². The molecule has 3 fully saturated rings. The Balaban J connectivity index is 1.49. The number of carbonyl (C=O) groups excluding carboxylic acids is 1. The van der Waals surface area contributed by atoms with Crippen molar-refractivity contribution in [2.45, 2.75) is 31.5 Å². The van der Waals surface area contributed by atoms with Crippen molar-refractivity contribution in [3.05, 3.63) is 57.5 Å².